The van der Waals surface area contributed by atoms with E-state index in [0.717, 1.165) is 25.7 Å². The lowest BCUT2D eigenvalue weighted by Gasteiger charge is -2.07. The summed E-state index contributed by atoms with van der Waals surface area (Å²) in [6.07, 6.45) is 4.97. The smallest absolute Gasteiger partial charge is 0.354 e. The average Bonchev–Trinajstić information content (AvgIpc) is 2.79. The maximum Gasteiger partial charge on any atom is 0.354 e. The third-order valence-corrected chi connectivity index (χ3v) is 4.13. The van der Waals surface area contributed by atoms with Gasteiger partial charge in [-0.05, 0) is 18.9 Å². The van der Waals surface area contributed by atoms with Crippen molar-refractivity contribution >= 4 is 25.7 Å². The van der Waals surface area contributed by atoms with E-state index in [0.29, 0.717) is 13.2 Å². The molecule has 0 aliphatic rings. The highest BCUT2D eigenvalue weighted by Gasteiger charge is 2.20. The summed E-state index contributed by atoms with van der Waals surface area (Å²) < 4.78 is 29.4. The summed E-state index contributed by atoms with van der Waals surface area (Å²) in [6.45, 7) is 4.87. The lowest BCUT2D eigenvalue weighted by molar-refractivity contribution is 0.0485. The van der Waals surface area contributed by atoms with Gasteiger partial charge < -0.3 is 9.30 Å². The van der Waals surface area contributed by atoms with Crippen molar-refractivity contribution in [3.63, 3.8) is 0 Å². The van der Waals surface area contributed by atoms with E-state index in [9.17, 15) is 13.2 Å². The normalized spacial score (nSPS) is 11.6. The Labute approximate surface area is 124 Å². The zero-order chi connectivity index (χ0) is 15.2. The zero-order valence-corrected chi connectivity index (χ0v) is 13.3. The Bertz CT molecular complexity index is 551. The Morgan fingerprint density at radius 2 is 2.00 bits per heavy atom. The minimum absolute atomic E-state index is 0.0758. The van der Waals surface area contributed by atoms with Crippen LogP contribution in [0.4, 0.5) is 0 Å². The van der Waals surface area contributed by atoms with E-state index >= 15 is 0 Å². The largest absolute Gasteiger partial charge is 0.461 e. The van der Waals surface area contributed by atoms with Crippen LogP contribution in [0.3, 0.4) is 0 Å². The number of halogens is 1. The molecule has 0 aromatic carbocycles. The third-order valence-electron chi connectivity index (χ3n) is 2.81. The number of carbonyl (C=O) groups excluding carboxylic acids is 1. The van der Waals surface area contributed by atoms with E-state index in [1.165, 1.54) is 12.3 Å². The zero-order valence-electron chi connectivity index (χ0n) is 11.8. The van der Waals surface area contributed by atoms with Crippen LogP contribution in [-0.4, -0.2) is 25.6 Å². The molecule has 0 atom stereocenters. The number of unbranched alkanes of at least 4 members (excludes halogenated alkanes) is 2. The highest BCUT2D eigenvalue weighted by atomic mass is 35.7. The first-order valence-corrected chi connectivity index (χ1v) is 9.03. The molecule has 0 aliphatic heterocycles. The lowest BCUT2D eigenvalue weighted by Crippen LogP contribution is -2.12. The van der Waals surface area contributed by atoms with Gasteiger partial charge in [-0.1, -0.05) is 26.7 Å². The van der Waals surface area contributed by atoms with Crippen LogP contribution in [0.5, 0.6) is 0 Å². The molecule has 1 heterocycles. The monoisotopic (exact) mass is 321 g/mol. The highest BCUT2D eigenvalue weighted by Crippen LogP contribution is 2.19. The summed E-state index contributed by atoms with van der Waals surface area (Å²) in [5.41, 5.74) is 0.225. The number of ether oxygens (including phenoxy) is 1. The van der Waals surface area contributed by atoms with Gasteiger partial charge >= 0.3 is 5.97 Å². The molecule has 0 saturated carbocycles. The van der Waals surface area contributed by atoms with Gasteiger partial charge in [0, 0.05) is 23.4 Å². The van der Waals surface area contributed by atoms with Crippen LogP contribution in [0.15, 0.2) is 17.2 Å². The molecule has 0 amide bonds. The number of carbonyl (C=O) groups is 1. The van der Waals surface area contributed by atoms with Gasteiger partial charge in [0.2, 0.25) is 0 Å². The molecule has 5 nitrogen and oxygen atoms in total. The molecule has 1 aromatic heterocycles. The van der Waals surface area contributed by atoms with Gasteiger partial charge in [0.25, 0.3) is 9.05 Å². The van der Waals surface area contributed by atoms with Crippen molar-refractivity contribution in [1.29, 1.82) is 0 Å². The fraction of sp³-hybridized carbons (Fsp3) is 0.615. The molecule has 1 rings (SSSR count). The molecule has 0 bridgehead atoms. The summed E-state index contributed by atoms with van der Waals surface area (Å²) in [7, 11) is 1.46. The minimum atomic E-state index is -3.84. The number of hydrogen-bond donors (Lipinski definition) is 0. The van der Waals surface area contributed by atoms with Crippen molar-refractivity contribution in [2.45, 2.75) is 51.0 Å². The fourth-order valence-corrected chi connectivity index (χ4v) is 2.56. The second-order valence-electron chi connectivity index (χ2n) is 4.54. The Kier molecular flexibility index (Phi) is 6.55. The Hall–Kier alpha value is -1.01. The second-order valence-corrected chi connectivity index (χ2v) is 7.10. The Morgan fingerprint density at radius 1 is 1.30 bits per heavy atom. The maximum atomic E-state index is 12.0. The predicted molar refractivity (Wildman–Crippen MR) is 77.6 cm³/mol. The molecule has 0 spiro atoms. The molecular formula is C13H20ClNO4S. The number of hydrogen-bond acceptors (Lipinski definition) is 4. The molecule has 0 N–H and O–H groups in total. The van der Waals surface area contributed by atoms with Crippen LogP contribution in [-0.2, 0) is 20.3 Å². The molecule has 0 fully saturated rings. The molecular weight excluding hydrogens is 302 g/mol. The van der Waals surface area contributed by atoms with Crippen LogP contribution in [0.25, 0.3) is 0 Å². The van der Waals surface area contributed by atoms with E-state index in [-0.39, 0.29) is 10.6 Å². The van der Waals surface area contributed by atoms with Crippen molar-refractivity contribution in [1.82, 2.24) is 4.57 Å². The number of aromatic nitrogens is 1. The van der Waals surface area contributed by atoms with Crippen molar-refractivity contribution in [3.8, 4) is 0 Å². The van der Waals surface area contributed by atoms with E-state index in [4.69, 9.17) is 15.4 Å². The van der Waals surface area contributed by atoms with Crippen molar-refractivity contribution < 1.29 is 17.9 Å². The van der Waals surface area contributed by atoms with E-state index in [2.05, 4.69) is 6.92 Å². The number of esters is 1. The summed E-state index contributed by atoms with van der Waals surface area (Å²) in [4.78, 5) is 11.9. The van der Waals surface area contributed by atoms with Crippen LogP contribution < -0.4 is 0 Å². The molecule has 0 saturated heterocycles. The van der Waals surface area contributed by atoms with E-state index < -0.39 is 15.0 Å². The third kappa shape index (κ3) is 4.83. The van der Waals surface area contributed by atoms with Crippen molar-refractivity contribution in [3.05, 3.63) is 18.0 Å². The maximum absolute atomic E-state index is 12.0. The molecule has 20 heavy (non-hydrogen) atoms. The standard InChI is InChI=1S/C13H20ClNO4S/c1-3-5-6-8-19-13(16)12-9-11(20(14,17)18)10-15(12)7-4-2/h9-10H,3-8H2,1-2H3. The van der Waals surface area contributed by atoms with E-state index in [1.54, 1.807) is 4.57 Å². The number of aryl methyl sites for hydroxylation is 1. The van der Waals surface area contributed by atoms with Crippen LogP contribution in [0.2, 0.25) is 0 Å². The van der Waals surface area contributed by atoms with Crippen molar-refractivity contribution in [2.75, 3.05) is 6.61 Å². The van der Waals surface area contributed by atoms with Gasteiger partial charge in [-0.15, -0.1) is 0 Å². The first kappa shape index (κ1) is 17.0. The summed E-state index contributed by atoms with van der Waals surface area (Å²) in [5, 5.41) is 0. The van der Waals surface area contributed by atoms with Gasteiger partial charge in [-0.25, -0.2) is 13.2 Å². The van der Waals surface area contributed by atoms with Crippen LogP contribution in [0.1, 0.15) is 50.0 Å². The van der Waals surface area contributed by atoms with Crippen LogP contribution in [0, 0.1) is 0 Å². The summed E-state index contributed by atoms with van der Waals surface area (Å²) >= 11 is 0. The summed E-state index contributed by atoms with van der Waals surface area (Å²) in [6, 6.07) is 1.26. The Balaban J connectivity index is 2.86. The highest BCUT2D eigenvalue weighted by molar-refractivity contribution is 8.13. The molecule has 1 aromatic rings. The van der Waals surface area contributed by atoms with E-state index in [1.807, 2.05) is 6.92 Å². The SMILES string of the molecule is CCCCCOC(=O)c1cc(S(=O)(=O)Cl)cn1CCC. The quantitative estimate of drug-likeness (QED) is 0.419. The summed E-state index contributed by atoms with van der Waals surface area (Å²) in [5.74, 6) is -0.513. The van der Waals surface area contributed by atoms with Gasteiger partial charge in [0.15, 0.2) is 0 Å². The van der Waals surface area contributed by atoms with Gasteiger partial charge in [0.05, 0.1) is 6.61 Å². The molecule has 0 aliphatic carbocycles. The lowest BCUT2D eigenvalue weighted by atomic mass is 10.3. The topological polar surface area (TPSA) is 65.4 Å². The van der Waals surface area contributed by atoms with Crippen LogP contribution >= 0.6 is 10.7 Å². The fourth-order valence-electron chi connectivity index (χ4n) is 1.80. The second kappa shape index (κ2) is 7.69. The predicted octanol–water partition coefficient (Wildman–Crippen LogP) is 3.17. The molecule has 7 heteroatoms. The molecule has 114 valence electrons. The average molecular weight is 322 g/mol. The number of nitrogens with zero attached hydrogens (tertiary/aromatic N) is 1. The van der Waals surface area contributed by atoms with Gasteiger partial charge in [-0.2, -0.15) is 0 Å². The van der Waals surface area contributed by atoms with Gasteiger partial charge in [-0.3, -0.25) is 0 Å². The first-order chi connectivity index (χ1) is 9.40. The van der Waals surface area contributed by atoms with Crippen molar-refractivity contribution in [2.24, 2.45) is 0 Å². The Morgan fingerprint density at radius 3 is 2.55 bits per heavy atom. The number of rotatable bonds is 8. The van der Waals surface area contributed by atoms with Gasteiger partial charge in [0.1, 0.15) is 10.6 Å². The first-order valence-electron chi connectivity index (χ1n) is 6.72. The molecule has 0 radical (unpaired) electrons. The minimum Gasteiger partial charge on any atom is -0.461 e. The molecule has 0 unspecified atom stereocenters.